The largest absolute Gasteiger partial charge is 0.313 e. The minimum absolute atomic E-state index is 0.867. The maximum absolute atomic E-state index is 5.46. The average Bonchev–Trinajstić information content (AvgIpc) is 2.74. The minimum Gasteiger partial charge on any atom is -0.313 e. The molecule has 3 aromatic rings. The molecule has 0 atom stereocenters. The van der Waals surface area contributed by atoms with E-state index < -0.39 is 0 Å². The molecule has 0 aliphatic carbocycles. The molecule has 2 aromatic carbocycles. The van der Waals surface area contributed by atoms with Gasteiger partial charge in [0.15, 0.2) is 3.95 Å². The summed E-state index contributed by atoms with van der Waals surface area (Å²) in [5.74, 6) is 0.867. The van der Waals surface area contributed by atoms with Crippen LogP contribution in [0.5, 0.6) is 0 Å². The molecule has 0 bridgehead atoms. The lowest BCUT2D eigenvalue weighted by atomic mass is 10.2. The van der Waals surface area contributed by atoms with Crippen molar-refractivity contribution in [2.45, 2.75) is 17.7 Å². The standard InChI is InChI=1S/C15H13NS3/c1-11-6-8-12(9-7-11)18-10-16-13-4-2-3-5-14(13)19-15(16)17/h2-9H,10H2,1H3. The molecule has 0 radical (unpaired) electrons. The molecule has 0 aliphatic rings. The van der Waals surface area contributed by atoms with Crippen LogP contribution in [-0.4, -0.2) is 4.57 Å². The van der Waals surface area contributed by atoms with Crippen LogP contribution in [0.15, 0.2) is 53.4 Å². The highest BCUT2D eigenvalue weighted by Gasteiger charge is 2.04. The highest BCUT2D eigenvalue weighted by molar-refractivity contribution is 7.98. The molecule has 0 N–H and O–H groups in total. The molecule has 1 heterocycles. The van der Waals surface area contributed by atoms with Gasteiger partial charge in [-0.15, -0.1) is 23.1 Å². The Hall–Kier alpha value is -1.10. The molecule has 0 spiro atoms. The second-order valence-electron chi connectivity index (χ2n) is 4.35. The van der Waals surface area contributed by atoms with Crippen molar-refractivity contribution in [3.63, 3.8) is 0 Å². The first kappa shape index (κ1) is 12.9. The summed E-state index contributed by atoms with van der Waals surface area (Å²) in [6.07, 6.45) is 0. The molecule has 19 heavy (non-hydrogen) atoms. The van der Waals surface area contributed by atoms with Gasteiger partial charge < -0.3 is 4.57 Å². The molecule has 0 aliphatic heterocycles. The van der Waals surface area contributed by atoms with Crippen LogP contribution in [0.25, 0.3) is 10.2 Å². The third-order valence-corrected chi connectivity index (χ3v) is 5.38. The van der Waals surface area contributed by atoms with Gasteiger partial charge in [-0.2, -0.15) is 0 Å². The zero-order chi connectivity index (χ0) is 13.2. The smallest absolute Gasteiger partial charge is 0.162 e. The second kappa shape index (κ2) is 5.49. The fourth-order valence-corrected chi connectivity index (χ4v) is 4.27. The third kappa shape index (κ3) is 2.76. The van der Waals surface area contributed by atoms with Crippen LogP contribution in [0.2, 0.25) is 0 Å². The van der Waals surface area contributed by atoms with E-state index in [0.717, 1.165) is 9.83 Å². The van der Waals surface area contributed by atoms with Crippen molar-refractivity contribution in [1.82, 2.24) is 4.57 Å². The highest BCUT2D eigenvalue weighted by Crippen LogP contribution is 2.27. The summed E-state index contributed by atoms with van der Waals surface area (Å²) < 4.78 is 4.41. The SMILES string of the molecule is Cc1ccc(SCn2c(=S)sc3ccccc32)cc1. The van der Waals surface area contributed by atoms with Gasteiger partial charge in [0, 0.05) is 4.90 Å². The van der Waals surface area contributed by atoms with Crippen molar-refractivity contribution in [1.29, 1.82) is 0 Å². The maximum atomic E-state index is 5.46. The predicted octanol–water partition coefficient (Wildman–Crippen LogP) is 5.49. The van der Waals surface area contributed by atoms with Crippen LogP contribution in [0, 0.1) is 10.9 Å². The summed E-state index contributed by atoms with van der Waals surface area (Å²) in [6, 6.07) is 17.0. The number of para-hydroxylation sites is 1. The number of hydrogen-bond donors (Lipinski definition) is 0. The van der Waals surface area contributed by atoms with Crippen molar-refractivity contribution in [2.24, 2.45) is 0 Å². The summed E-state index contributed by atoms with van der Waals surface area (Å²) >= 11 is 8.96. The molecule has 0 saturated carbocycles. The molecule has 0 fully saturated rings. The number of nitrogens with zero attached hydrogens (tertiary/aromatic N) is 1. The summed E-state index contributed by atoms with van der Waals surface area (Å²) in [6.45, 7) is 2.11. The highest BCUT2D eigenvalue weighted by atomic mass is 32.2. The number of thioether (sulfide) groups is 1. The van der Waals surface area contributed by atoms with Crippen LogP contribution in [-0.2, 0) is 5.88 Å². The lowest BCUT2D eigenvalue weighted by Gasteiger charge is -2.05. The van der Waals surface area contributed by atoms with Crippen LogP contribution in [0.3, 0.4) is 0 Å². The van der Waals surface area contributed by atoms with Crippen molar-refractivity contribution in [3.8, 4) is 0 Å². The van der Waals surface area contributed by atoms with Gasteiger partial charge in [-0.25, -0.2) is 0 Å². The number of aryl methyl sites for hydroxylation is 1. The summed E-state index contributed by atoms with van der Waals surface area (Å²) in [4.78, 5) is 1.28. The molecule has 1 aromatic heterocycles. The van der Waals surface area contributed by atoms with Crippen molar-refractivity contribution in [3.05, 3.63) is 58.0 Å². The number of rotatable bonds is 3. The lowest BCUT2D eigenvalue weighted by molar-refractivity contribution is 0.936. The van der Waals surface area contributed by atoms with Crippen LogP contribution < -0.4 is 0 Å². The zero-order valence-electron chi connectivity index (χ0n) is 10.5. The van der Waals surface area contributed by atoms with E-state index in [-0.39, 0.29) is 0 Å². The van der Waals surface area contributed by atoms with E-state index in [0.29, 0.717) is 0 Å². The van der Waals surface area contributed by atoms with E-state index in [4.69, 9.17) is 12.2 Å². The van der Waals surface area contributed by atoms with Crippen LogP contribution in [0.4, 0.5) is 0 Å². The Morgan fingerprint density at radius 2 is 1.84 bits per heavy atom. The van der Waals surface area contributed by atoms with E-state index in [1.165, 1.54) is 20.7 Å². The lowest BCUT2D eigenvalue weighted by Crippen LogP contribution is -1.93. The molecule has 0 saturated heterocycles. The van der Waals surface area contributed by atoms with Gasteiger partial charge in [0.1, 0.15) is 0 Å². The Morgan fingerprint density at radius 1 is 1.11 bits per heavy atom. The first-order chi connectivity index (χ1) is 9.24. The van der Waals surface area contributed by atoms with Gasteiger partial charge in [0.25, 0.3) is 0 Å². The number of thiazole rings is 1. The number of aromatic nitrogens is 1. The van der Waals surface area contributed by atoms with E-state index in [1.54, 1.807) is 11.3 Å². The fourth-order valence-electron chi connectivity index (χ4n) is 1.91. The first-order valence-electron chi connectivity index (χ1n) is 6.02. The molecule has 0 amide bonds. The molecule has 3 rings (SSSR count). The van der Waals surface area contributed by atoms with Gasteiger partial charge in [0.05, 0.1) is 16.1 Å². The quantitative estimate of drug-likeness (QED) is 0.465. The van der Waals surface area contributed by atoms with Crippen LogP contribution >= 0.6 is 35.3 Å². The van der Waals surface area contributed by atoms with E-state index >= 15 is 0 Å². The van der Waals surface area contributed by atoms with Crippen molar-refractivity contribution < 1.29 is 0 Å². The normalized spacial score (nSPS) is 11.0. The Morgan fingerprint density at radius 3 is 2.63 bits per heavy atom. The van der Waals surface area contributed by atoms with Gasteiger partial charge in [-0.3, -0.25) is 0 Å². The Kier molecular flexibility index (Phi) is 3.73. The minimum atomic E-state index is 0.867. The number of benzene rings is 2. The topological polar surface area (TPSA) is 4.93 Å². The summed E-state index contributed by atoms with van der Waals surface area (Å²) in [5, 5.41) is 0. The Balaban J connectivity index is 1.87. The first-order valence-corrected chi connectivity index (χ1v) is 8.23. The molecule has 1 nitrogen and oxygen atoms in total. The van der Waals surface area contributed by atoms with Gasteiger partial charge in [-0.1, -0.05) is 29.8 Å². The van der Waals surface area contributed by atoms with E-state index in [9.17, 15) is 0 Å². The molecule has 96 valence electrons. The fraction of sp³-hybridized carbons (Fsp3) is 0.133. The monoisotopic (exact) mass is 303 g/mol. The van der Waals surface area contributed by atoms with Crippen molar-refractivity contribution >= 4 is 45.5 Å². The summed E-state index contributed by atoms with van der Waals surface area (Å²) in [5.41, 5.74) is 2.53. The molecular weight excluding hydrogens is 290 g/mol. The van der Waals surface area contributed by atoms with Crippen LogP contribution in [0.1, 0.15) is 5.56 Å². The third-order valence-electron chi connectivity index (χ3n) is 2.96. The predicted molar refractivity (Wildman–Crippen MR) is 87.7 cm³/mol. The van der Waals surface area contributed by atoms with E-state index in [2.05, 4.69) is 60.0 Å². The second-order valence-corrected chi connectivity index (χ2v) is 7.04. The van der Waals surface area contributed by atoms with Gasteiger partial charge in [-0.05, 0) is 43.4 Å². The molecular formula is C15H13NS3. The molecule has 0 unspecified atom stereocenters. The number of hydrogen-bond acceptors (Lipinski definition) is 3. The number of fused-ring (bicyclic) bond motifs is 1. The van der Waals surface area contributed by atoms with Gasteiger partial charge >= 0.3 is 0 Å². The molecule has 4 heteroatoms. The Labute approximate surface area is 125 Å². The zero-order valence-corrected chi connectivity index (χ0v) is 12.9. The summed E-state index contributed by atoms with van der Waals surface area (Å²) in [7, 11) is 0. The Bertz CT molecular complexity index is 753. The average molecular weight is 303 g/mol. The maximum Gasteiger partial charge on any atom is 0.162 e. The van der Waals surface area contributed by atoms with Gasteiger partial charge in [0.2, 0.25) is 0 Å². The van der Waals surface area contributed by atoms with Crippen molar-refractivity contribution in [2.75, 3.05) is 0 Å². The van der Waals surface area contributed by atoms with E-state index in [1.807, 2.05) is 11.8 Å².